The summed E-state index contributed by atoms with van der Waals surface area (Å²) in [6.07, 6.45) is 1.06. The highest BCUT2D eigenvalue weighted by molar-refractivity contribution is 7.15. The van der Waals surface area contributed by atoms with Crippen LogP contribution in [0.15, 0.2) is 62.3 Å². The number of ether oxygens (including phenoxy) is 1. The fraction of sp³-hybridized carbons (Fsp3) is 0.306. The van der Waals surface area contributed by atoms with E-state index in [-0.39, 0.29) is 52.4 Å². The molecule has 77 heavy (non-hydrogen) atoms. The van der Waals surface area contributed by atoms with Crippen molar-refractivity contribution in [3.8, 4) is 43.4 Å². The van der Waals surface area contributed by atoms with E-state index in [1.807, 2.05) is 13.8 Å². The third kappa shape index (κ3) is 12.8. The van der Waals surface area contributed by atoms with Crippen LogP contribution in [0.2, 0.25) is 0 Å². The maximum absolute atomic E-state index is 14.1. The lowest BCUT2D eigenvalue weighted by Gasteiger charge is -2.22. The molecule has 22 nitrogen and oxygen atoms in total. The minimum Gasteiger partial charge on any atom is -0.391 e. The largest absolute Gasteiger partial charge is 0.391 e. The third-order valence-corrected chi connectivity index (χ3v) is 16.9. The number of methoxy groups -OCH3 is 1. The van der Waals surface area contributed by atoms with Gasteiger partial charge >= 0.3 is 0 Å². The topological polar surface area (TPSA) is 311 Å². The van der Waals surface area contributed by atoms with Gasteiger partial charge in [0.1, 0.15) is 93.5 Å². The van der Waals surface area contributed by atoms with E-state index in [1.165, 1.54) is 83.1 Å². The zero-order chi connectivity index (χ0) is 55.2. The van der Waals surface area contributed by atoms with Gasteiger partial charge in [0.25, 0.3) is 29.5 Å². The summed E-state index contributed by atoms with van der Waals surface area (Å²) < 4.78 is 5.77. The number of hydrogen-bond donors (Lipinski definition) is 7. The normalized spacial score (nSPS) is 17.9. The van der Waals surface area contributed by atoms with Crippen molar-refractivity contribution < 1.29 is 43.4 Å². The number of thiazole rings is 6. The number of rotatable bonds is 11. The highest BCUT2D eigenvalue weighted by atomic mass is 32.1. The molecule has 7 aromatic heterocycles. The van der Waals surface area contributed by atoms with Gasteiger partial charge < -0.3 is 41.7 Å². The molecule has 0 saturated carbocycles. The Morgan fingerprint density at radius 2 is 1.21 bits per heavy atom. The van der Waals surface area contributed by atoms with Crippen molar-refractivity contribution in [1.82, 2.24) is 66.8 Å². The number of pyridine rings is 1. The summed E-state index contributed by atoms with van der Waals surface area (Å²) in [5.41, 5.74) is 2.47. The molecule has 7 aromatic rings. The number of aromatic nitrogens is 7. The number of nitrogens with zero attached hydrogens (tertiary/aromatic N) is 7. The van der Waals surface area contributed by atoms with Crippen molar-refractivity contribution in [2.45, 2.75) is 78.8 Å². The molecule has 0 fully saturated rings. The van der Waals surface area contributed by atoms with Gasteiger partial charge in [-0.05, 0) is 52.7 Å². The molecule has 1 aliphatic rings. The SMILES string of the molecule is CC=C(NC(=O)c1csc(-c2csc(-c3ccc4c(n3)-c3csc(n3)C(C(C)OC)NC(=O)c3csc(n3)C(C(C)C)NC(=O)c3csc(n3)C(=CC)NC(=O)C(C(C)O)NC(=O)c3csc-4n3)n2)n1)C(=O)NCC(C)=O. The Morgan fingerprint density at radius 3 is 1.86 bits per heavy atom. The van der Waals surface area contributed by atoms with Crippen molar-refractivity contribution in [3.05, 3.63) is 100 Å². The first-order chi connectivity index (χ1) is 36.8. The first-order valence-corrected chi connectivity index (χ1v) is 28.8. The molecule has 8 heterocycles. The Hall–Kier alpha value is -7.18. The van der Waals surface area contributed by atoms with Crippen molar-refractivity contribution in [3.63, 3.8) is 0 Å². The molecule has 5 atom stereocenters. The van der Waals surface area contributed by atoms with Gasteiger partial charge in [-0.2, -0.15) is 0 Å². The maximum Gasteiger partial charge on any atom is 0.275 e. The molecule has 0 radical (unpaired) electrons. The zero-order valence-electron chi connectivity index (χ0n) is 42.2. The number of allylic oxidation sites excluding steroid dienone is 2. The molecule has 0 aromatic carbocycles. The number of amides is 6. The predicted octanol–water partition coefficient (Wildman–Crippen LogP) is 6.43. The summed E-state index contributed by atoms with van der Waals surface area (Å²) in [5.74, 6) is -4.17. The summed E-state index contributed by atoms with van der Waals surface area (Å²) in [7, 11) is 1.52. The summed E-state index contributed by atoms with van der Waals surface area (Å²) in [6.45, 7) is 11.3. The summed E-state index contributed by atoms with van der Waals surface area (Å²) >= 11 is 7.14. The van der Waals surface area contributed by atoms with E-state index in [4.69, 9.17) is 19.7 Å². The average molecular weight is 1160 g/mol. The van der Waals surface area contributed by atoms with E-state index >= 15 is 0 Å². The number of carbonyl (C=O) groups excluding carboxylic acids is 7. The molecular weight excluding hydrogens is 1110 g/mol. The third-order valence-electron chi connectivity index (χ3n) is 11.5. The van der Waals surface area contributed by atoms with Crippen LogP contribution in [-0.2, 0) is 19.1 Å². The van der Waals surface area contributed by atoms with Crippen molar-refractivity contribution >= 4 is 115 Å². The van der Waals surface area contributed by atoms with Crippen molar-refractivity contribution in [2.75, 3.05) is 13.7 Å². The summed E-state index contributed by atoms with van der Waals surface area (Å²) in [5, 5.41) is 39.4. The molecule has 28 heteroatoms. The number of aliphatic hydroxyl groups excluding tert-OH is 1. The van der Waals surface area contributed by atoms with Gasteiger partial charge in [-0.1, -0.05) is 26.0 Å². The van der Waals surface area contributed by atoms with Crippen LogP contribution >= 0.6 is 68.0 Å². The van der Waals surface area contributed by atoms with E-state index in [9.17, 15) is 38.7 Å². The molecule has 5 unspecified atom stereocenters. The fourth-order valence-electron chi connectivity index (χ4n) is 7.30. The molecule has 0 aliphatic carbocycles. The lowest BCUT2D eigenvalue weighted by molar-refractivity contribution is -0.124. The second kappa shape index (κ2) is 24.4. The Bertz CT molecular complexity index is 3460. The van der Waals surface area contributed by atoms with E-state index in [0.717, 1.165) is 22.7 Å². The van der Waals surface area contributed by atoms with E-state index < -0.39 is 65.8 Å². The zero-order valence-corrected chi connectivity index (χ0v) is 47.1. The highest BCUT2D eigenvalue weighted by Gasteiger charge is 2.32. The number of fused-ring (bicyclic) bond motifs is 11. The Morgan fingerprint density at radius 1 is 0.662 bits per heavy atom. The minimum atomic E-state index is -1.44. The van der Waals surface area contributed by atoms with E-state index in [1.54, 1.807) is 60.5 Å². The second-order valence-corrected chi connectivity index (χ2v) is 22.6. The molecule has 8 rings (SSSR count). The summed E-state index contributed by atoms with van der Waals surface area (Å²) in [4.78, 5) is 126. The smallest absolute Gasteiger partial charge is 0.275 e. The Kier molecular flexibility index (Phi) is 17.8. The van der Waals surface area contributed by atoms with Crippen LogP contribution in [0.5, 0.6) is 0 Å². The van der Waals surface area contributed by atoms with Crippen molar-refractivity contribution in [2.24, 2.45) is 5.92 Å². The van der Waals surface area contributed by atoms with Crippen molar-refractivity contribution in [1.29, 1.82) is 0 Å². The Labute approximate surface area is 464 Å². The monoisotopic (exact) mass is 1160 g/mol. The molecule has 0 spiro atoms. The minimum absolute atomic E-state index is 0.0415. The van der Waals surface area contributed by atoms with E-state index in [2.05, 4.69) is 51.8 Å². The van der Waals surface area contributed by atoms with Gasteiger partial charge in [-0.25, -0.2) is 34.9 Å². The highest BCUT2D eigenvalue weighted by Crippen LogP contribution is 2.38. The summed E-state index contributed by atoms with van der Waals surface area (Å²) in [6, 6.07) is 0.674. The number of ketones is 1. The van der Waals surface area contributed by atoms with Crippen LogP contribution in [0.1, 0.15) is 118 Å². The number of nitrogens with one attached hydrogen (secondary N) is 6. The lowest BCUT2D eigenvalue weighted by Crippen LogP contribution is -2.52. The molecule has 6 amide bonds. The number of hydrogen-bond acceptors (Lipinski definition) is 22. The van der Waals surface area contributed by atoms with Crippen LogP contribution in [0.4, 0.5) is 0 Å². The molecular formula is C49H49N13O9S6. The predicted molar refractivity (Wildman–Crippen MR) is 294 cm³/mol. The van der Waals surface area contributed by atoms with Gasteiger partial charge in [-0.15, -0.1) is 68.0 Å². The number of aliphatic hydroxyl groups is 1. The standard InChI is InChI=1S/C49H49N13O9S6/c1-9-25(38(65)50-13-21(5)63)52-39(66)29-16-74-47(57-29)33-19-75-46(59-33)27-12-11-24-37(51-27)28-14-76-49(54-28)36(23(7)71-8)62-42(69)32-18-77-48(58-32)34(20(3)4)60-40(67)31-17-73-45(56-31)26(10-2)53-43(70)35(22(6)64)61-41(68)30-15-72-44(24)55-30/h9-12,14-20,22-23,34-36,64H,13H2,1-8H3,(H,50,65)(H,52,66)(H,53,70)(H,60,67)(H,61,68)(H,62,69). The maximum atomic E-state index is 14.1. The molecule has 1 aliphatic heterocycles. The Balaban J connectivity index is 1.16. The van der Waals surface area contributed by atoms with Gasteiger partial charge in [0.15, 0.2) is 0 Å². The van der Waals surface area contributed by atoms with Crippen LogP contribution in [0.25, 0.3) is 49.1 Å². The van der Waals surface area contributed by atoms with Gasteiger partial charge in [0, 0.05) is 45.0 Å². The van der Waals surface area contributed by atoms with Gasteiger partial charge in [-0.3, -0.25) is 33.6 Å². The fourth-order valence-corrected chi connectivity index (χ4v) is 12.5. The number of Topliss-reactive ketones (excluding diaryl/α,β-unsaturated/α-hetero) is 1. The first kappa shape index (κ1) is 56.0. The second-order valence-electron chi connectivity index (χ2n) is 17.4. The average Bonchev–Trinajstić information content (AvgIpc) is 4.28. The molecule has 7 N–H and O–H groups in total. The molecule has 8 bridgehead atoms. The molecule has 400 valence electrons. The lowest BCUT2D eigenvalue weighted by atomic mass is 10.1. The van der Waals surface area contributed by atoms with Crippen LogP contribution in [-0.4, -0.2) is 113 Å². The van der Waals surface area contributed by atoms with Crippen LogP contribution in [0.3, 0.4) is 0 Å². The van der Waals surface area contributed by atoms with Gasteiger partial charge in [0.05, 0.1) is 36.2 Å². The quantitative estimate of drug-likeness (QED) is 0.0686. The van der Waals surface area contributed by atoms with Crippen LogP contribution in [0, 0.1) is 5.92 Å². The first-order valence-electron chi connectivity index (χ1n) is 23.5. The van der Waals surface area contributed by atoms with Gasteiger partial charge in [0.2, 0.25) is 5.91 Å². The van der Waals surface area contributed by atoms with Crippen LogP contribution < -0.4 is 31.9 Å². The molecule has 0 saturated heterocycles. The van der Waals surface area contributed by atoms with E-state index in [0.29, 0.717) is 58.4 Å². The number of carbonyl (C=O) groups is 7.